The fraction of sp³-hybridized carbons (Fsp3) is 0.444. The van der Waals surface area contributed by atoms with Crippen LogP contribution in [0, 0.1) is 5.82 Å². The second-order valence-corrected chi connectivity index (χ2v) is 7.48. The Morgan fingerprint density at radius 2 is 2.04 bits per heavy atom. The Kier molecular flexibility index (Phi) is 4.26. The van der Waals surface area contributed by atoms with Crippen LogP contribution in [0.15, 0.2) is 35.1 Å². The third kappa shape index (κ3) is 2.82. The second kappa shape index (κ2) is 6.41. The standard InChI is InChI=1S/C18H20BrFN4/c1-2-16-17(20)18(22-11-21-16)23-9-14-7-15(10-23)24(14)8-12-4-3-5-13(19)6-12/h3-6,11,14-15H,2,7-10H2,1H3. The van der Waals surface area contributed by atoms with Crippen molar-refractivity contribution >= 4 is 21.7 Å². The lowest BCUT2D eigenvalue weighted by molar-refractivity contribution is -0.00893. The lowest BCUT2D eigenvalue weighted by Gasteiger charge is -2.56. The van der Waals surface area contributed by atoms with E-state index < -0.39 is 0 Å². The third-order valence-electron chi connectivity index (χ3n) is 5.08. The van der Waals surface area contributed by atoms with Gasteiger partial charge in [0, 0.05) is 36.2 Å². The number of piperidine rings is 1. The molecule has 2 bridgehead atoms. The van der Waals surface area contributed by atoms with Crippen LogP contribution in [0.1, 0.15) is 24.6 Å². The Balaban J connectivity index is 1.47. The van der Waals surface area contributed by atoms with Crippen LogP contribution in [0.2, 0.25) is 0 Å². The molecule has 3 aliphatic rings. The first-order valence-corrected chi connectivity index (χ1v) is 9.19. The Labute approximate surface area is 149 Å². The summed E-state index contributed by atoms with van der Waals surface area (Å²) in [5.74, 6) is 0.221. The van der Waals surface area contributed by atoms with Crippen LogP contribution in [0.4, 0.5) is 10.2 Å². The number of halogens is 2. The Hall–Kier alpha value is -1.53. The van der Waals surface area contributed by atoms with Gasteiger partial charge in [-0.05, 0) is 30.5 Å². The van der Waals surface area contributed by atoms with Crippen molar-refractivity contribution in [2.24, 2.45) is 0 Å². The average Bonchev–Trinajstić information content (AvgIpc) is 2.60. The van der Waals surface area contributed by atoms with Gasteiger partial charge in [0.1, 0.15) is 6.33 Å². The summed E-state index contributed by atoms with van der Waals surface area (Å²) in [7, 11) is 0. The molecule has 24 heavy (non-hydrogen) atoms. The maximum atomic E-state index is 14.5. The highest BCUT2D eigenvalue weighted by atomic mass is 79.9. The summed E-state index contributed by atoms with van der Waals surface area (Å²) >= 11 is 3.53. The second-order valence-electron chi connectivity index (χ2n) is 6.56. The molecule has 1 aromatic carbocycles. The Morgan fingerprint density at radius 1 is 1.25 bits per heavy atom. The van der Waals surface area contributed by atoms with Crippen LogP contribution < -0.4 is 4.90 Å². The van der Waals surface area contributed by atoms with E-state index in [-0.39, 0.29) is 5.82 Å². The van der Waals surface area contributed by atoms with E-state index in [1.807, 2.05) is 13.0 Å². The molecule has 1 aromatic heterocycles. The van der Waals surface area contributed by atoms with Crippen molar-refractivity contribution in [3.8, 4) is 0 Å². The van der Waals surface area contributed by atoms with Crippen molar-refractivity contribution in [2.75, 3.05) is 18.0 Å². The quantitative estimate of drug-likeness (QED) is 0.800. The number of hydrogen-bond donors (Lipinski definition) is 0. The van der Waals surface area contributed by atoms with E-state index in [9.17, 15) is 4.39 Å². The van der Waals surface area contributed by atoms with Gasteiger partial charge in [0.05, 0.1) is 5.69 Å². The van der Waals surface area contributed by atoms with E-state index in [0.29, 0.717) is 30.0 Å². The number of piperazine rings is 1. The maximum Gasteiger partial charge on any atom is 0.187 e. The van der Waals surface area contributed by atoms with Crippen molar-refractivity contribution in [1.29, 1.82) is 0 Å². The van der Waals surface area contributed by atoms with E-state index in [0.717, 1.165) is 24.1 Å². The van der Waals surface area contributed by atoms with Crippen LogP contribution >= 0.6 is 15.9 Å². The van der Waals surface area contributed by atoms with E-state index in [2.05, 4.69) is 53.9 Å². The van der Waals surface area contributed by atoms with Crippen LogP contribution in [0.25, 0.3) is 0 Å². The summed E-state index contributed by atoms with van der Waals surface area (Å²) in [6, 6.07) is 9.40. The number of fused-ring (bicyclic) bond motifs is 2. The molecule has 126 valence electrons. The molecule has 3 fully saturated rings. The molecule has 0 aliphatic carbocycles. The summed E-state index contributed by atoms with van der Waals surface area (Å²) in [5, 5.41) is 0. The SMILES string of the molecule is CCc1ncnc(N2CC3CC(C2)N3Cc2cccc(Br)c2)c1F. The number of nitrogens with zero attached hydrogens (tertiary/aromatic N) is 4. The van der Waals surface area contributed by atoms with Gasteiger partial charge in [0.25, 0.3) is 0 Å². The van der Waals surface area contributed by atoms with E-state index in [1.54, 1.807) is 0 Å². The van der Waals surface area contributed by atoms with E-state index >= 15 is 0 Å². The first-order valence-electron chi connectivity index (χ1n) is 8.40. The predicted molar refractivity (Wildman–Crippen MR) is 95.5 cm³/mol. The number of hydrogen-bond acceptors (Lipinski definition) is 4. The van der Waals surface area contributed by atoms with Crippen molar-refractivity contribution in [3.63, 3.8) is 0 Å². The third-order valence-corrected chi connectivity index (χ3v) is 5.57. The van der Waals surface area contributed by atoms with Crippen LogP contribution in [0.3, 0.4) is 0 Å². The van der Waals surface area contributed by atoms with Gasteiger partial charge in [-0.15, -0.1) is 0 Å². The monoisotopic (exact) mass is 390 g/mol. The zero-order valence-electron chi connectivity index (χ0n) is 13.6. The molecule has 0 N–H and O–H groups in total. The molecule has 2 atom stereocenters. The predicted octanol–water partition coefficient (Wildman–Crippen LogP) is 3.40. The van der Waals surface area contributed by atoms with Gasteiger partial charge >= 0.3 is 0 Å². The highest BCUT2D eigenvalue weighted by molar-refractivity contribution is 9.10. The van der Waals surface area contributed by atoms with Gasteiger partial charge in [-0.1, -0.05) is 35.0 Å². The maximum absolute atomic E-state index is 14.5. The van der Waals surface area contributed by atoms with Gasteiger partial charge in [-0.3, -0.25) is 4.90 Å². The topological polar surface area (TPSA) is 32.3 Å². The molecule has 3 saturated heterocycles. The van der Waals surface area contributed by atoms with Gasteiger partial charge in [0.15, 0.2) is 11.6 Å². The van der Waals surface area contributed by atoms with Gasteiger partial charge in [-0.25, -0.2) is 14.4 Å². The minimum Gasteiger partial charge on any atom is -0.351 e. The van der Waals surface area contributed by atoms with E-state index in [4.69, 9.17) is 0 Å². The van der Waals surface area contributed by atoms with Crippen molar-refractivity contribution in [3.05, 3.63) is 52.1 Å². The molecular weight excluding hydrogens is 371 g/mol. The van der Waals surface area contributed by atoms with Crippen molar-refractivity contribution < 1.29 is 4.39 Å². The van der Waals surface area contributed by atoms with Crippen LogP contribution in [-0.4, -0.2) is 40.0 Å². The minimum atomic E-state index is -0.250. The summed E-state index contributed by atoms with van der Waals surface area (Å²) in [4.78, 5) is 12.9. The fourth-order valence-corrected chi connectivity index (χ4v) is 4.27. The first kappa shape index (κ1) is 16.0. The molecule has 2 aromatic rings. The number of aryl methyl sites for hydroxylation is 1. The van der Waals surface area contributed by atoms with Gasteiger partial charge < -0.3 is 4.90 Å². The van der Waals surface area contributed by atoms with Gasteiger partial charge in [0.2, 0.25) is 0 Å². The fourth-order valence-electron chi connectivity index (χ4n) is 3.83. The number of aromatic nitrogens is 2. The zero-order chi connectivity index (χ0) is 16.7. The van der Waals surface area contributed by atoms with Gasteiger partial charge in [-0.2, -0.15) is 0 Å². The molecule has 0 radical (unpaired) electrons. The number of rotatable bonds is 4. The molecular formula is C18H20BrFN4. The molecule has 4 heterocycles. The smallest absolute Gasteiger partial charge is 0.187 e. The molecule has 2 unspecified atom stereocenters. The molecule has 6 heteroatoms. The highest BCUT2D eigenvalue weighted by Gasteiger charge is 2.45. The first-order chi connectivity index (χ1) is 11.7. The van der Waals surface area contributed by atoms with E-state index in [1.165, 1.54) is 18.3 Å². The lowest BCUT2D eigenvalue weighted by Crippen LogP contribution is -2.68. The molecule has 0 saturated carbocycles. The highest BCUT2D eigenvalue weighted by Crippen LogP contribution is 2.36. The molecule has 3 aliphatic heterocycles. The Bertz CT molecular complexity index is 742. The average molecular weight is 391 g/mol. The molecule has 5 rings (SSSR count). The normalized spacial score (nSPS) is 23.2. The zero-order valence-corrected chi connectivity index (χ0v) is 15.2. The minimum absolute atomic E-state index is 0.250. The summed E-state index contributed by atoms with van der Waals surface area (Å²) < 4.78 is 15.6. The van der Waals surface area contributed by atoms with Crippen LogP contribution in [-0.2, 0) is 13.0 Å². The summed E-state index contributed by atoms with van der Waals surface area (Å²) in [6.07, 6.45) is 3.27. The van der Waals surface area contributed by atoms with Crippen molar-refractivity contribution in [2.45, 2.75) is 38.4 Å². The van der Waals surface area contributed by atoms with Crippen LogP contribution in [0.5, 0.6) is 0 Å². The summed E-state index contributed by atoms with van der Waals surface area (Å²) in [5.41, 5.74) is 1.82. The number of anilines is 1. The molecule has 0 spiro atoms. The lowest BCUT2D eigenvalue weighted by atomic mass is 9.86. The molecule has 0 amide bonds. The Morgan fingerprint density at radius 3 is 2.75 bits per heavy atom. The van der Waals surface area contributed by atoms with Crippen molar-refractivity contribution in [1.82, 2.24) is 14.9 Å². The molecule has 4 nitrogen and oxygen atoms in total. The largest absolute Gasteiger partial charge is 0.351 e. The summed E-state index contributed by atoms with van der Waals surface area (Å²) in [6.45, 7) is 4.54. The number of benzene rings is 1.